The Balaban J connectivity index is 2.15. The molecule has 0 bridgehead atoms. The predicted octanol–water partition coefficient (Wildman–Crippen LogP) is 4.18. The monoisotopic (exact) mass is 247 g/mol. The second-order valence-corrected chi connectivity index (χ2v) is 5.79. The highest BCUT2D eigenvalue weighted by atomic mass is 32.1. The molecule has 2 N–H and O–H groups in total. The highest BCUT2D eigenvalue weighted by molar-refractivity contribution is 7.80. The summed E-state index contributed by atoms with van der Waals surface area (Å²) in [6.45, 7) is 4.16. The van der Waals surface area contributed by atoms with Gasteiger partial charge in [-0.1, -0.05) is 37.9 Å². The van der Waals surface area contributed by atoms with Crippen molar-refractivity contribution in [3.63, 3.8) is 0 Å². The fraction of sp³-hybridized carbons (Fsp3) is 0.533. The molecule has 2 rings (SSSR count). The third-order valence-electron chi connectivity index (χ3n) is 3.86. The lowest BCUT2D eigenvalue weighted by atomic mass is 9.94. The molecule has 1 fully saturated rings. The second kappa shape index (κ2) is 5.18. The first-order chi connectivity index (χ1) is 8.08. The molecule has 0 spiro atoms. The summed E-state index contributed by atoms with van der Waals surface area (Å²) in [6.07, 6.45) is 6.56. The number of rotatable bonds is 3. The minimum atomic E-state index is 0.819. The molecule has 2 heteroatoms. The summed E-state index contributed by atoms with van der Waals surface area (Å²) in [5.74, 6) is 0.819. The number of nitrogen functional groups attached to an aromatic ring is 1. The van der Waals surface area contributed by atoms with Crippen LogP contribution < -0.4 is 5.73 Å². The number of nitrogens with two attached hydrogens (primary N) is 1. The highest BCUT2D eigenvalue weighted by Crippen LogP contribution is 2.30. The quantitative estimate of drug-likeness (QED) is 0.492. The van der Waals surface area contributed by atoms with E-state index in [1.165, 1.54) is 36.8 Å². The molecule has 92 valence electrons. The van der Waals surface area contributed by atoms with Gasteiger partial charge in [0, 0.05) is 10.6 Å². The Bertz CT molecular complexity index is 431. The molecule has 0 aliphatic heterocycles. The number of hydrogen-bond acceptors (Lipinski definition) is 2. The number of hydrogen-bond donors (Lipinski definition) is 1. The van der Waals surface area contributed by atoms with Gasteiger partial charge in [0.05, 0.1) is 0 Å². The van der Waals surface area contributed by atoms with Gasteiger partial charge in [-0.25, -0.2) is 0 Å². The molecule has 0 unspecified atom stereocenters. The van der Waals surface area contributed by atoms with Crippen LogP contribution >= 0.6 is 12.2 Å². The van der Waals surface area contributed by atoms with Crippen molar-refractivity contribution in [3.05, 3.63) is 28.8 Å². The first kappa shape index (κ1) is 12.6. The van der Waals surface area contributed by atoms with E-state index in [2.05, 4.69) is 19.9 Å². The fourth-order valence-electron chi connectivity index (χ4n) is 2.73. The van der Waals surface area contributed by atoms with Crippen LogP contribution in [0.2, 0.25) is 0 Å². The molecule has 1 aromatic carbocycles. The third kappa shape index (κ3) is 2.86. The van der Waals surface area contributed by atoms with Gasteiger partial charge in [-0.3, -0.25) is 0 Å². The SMILES string of the molecule is Cc1cc(C(=S)CC2CCCC2)c(C)cc1N. The molecule has 0 atom stereocenters. The van der Waals surface area contributed by atoms with Crippen LogP contribution in [0.3, 0.4) is 0 Å². The molecular formula is C15H21NS. The maximum Gasteiger partial charge on any atom is 0.0346 e. The summed E-state index contributed by atoms with van der Waals surface area (Å²) < 4.78 is 0. The van der Waals surface area contributed by atoms with Gasteiger partial charge in [0.2, 0.25) is 0 Å². The topological polar surface area (TPSA) is 26.0 Å². The maximum atomic E-state index is 5.91. The average molecular weight is 247 g/mol. The van der Waals surface area contributed by atoms with Crippen molar-refractivity contribution in [2.24, 2.45) is 5.92 Å². The molecule has 1 aromatic rings. The molecule has 1 saturated carbocycles. The Labute approximate surface area is 109 Å². The van der Waals surface area contributed by atoms with E-state index in [1.54, 1.807) is 0 Å². The zero-order chi connectivity index (χ0) is 12.4. The molecule has 1 aliphatic rings. The van der Waals surface area contributed by atoms with Crippen molar-refractivity contribution in [2.75, 3.05) is 5.73 Å². The Morgan fingerprint density at radius 3 is 2.53 bits per heavy atom. The first-order valence-corrected chi connectivity index (χ1v) is 6.88. The summed E-state index contributed by atoms with van der Waals surface area (Å²) in [5, 5.41) is 0. The lowest BCUT2D eigenvalue weighted by Crippen LogP contribution is -2.07. The Morgan fingerprint density at radius 1 is 1.24 bits per heavy atom. The van der Waals surface area contributed by atoms with Crippen LogP contribution in [0, 0.1) is 19.8 Å². The molecule has 0 heterocycles. The van der Waals surface area contributed by atoms with Crippen molar-refractivity contribution < 1.29 is 0 Å². The number of anilines is 1. The summed E-state index contributed by atoms with van der Waals surface area (Å²) in [7, 11) is 0. The van der Waals surface area contributed by atoms with Gasteiger partial charge in [0.1, 0.15) is 0 Å². The molecule has 1 aliphatic carbocycles. The van der Waals surface area contributed by atoms with Gasteiger partial charge in [-0.15, -0.1) is 0 Å². The van der Waals surface area contributed by atoms with Gasteiger partial charge in [0.25, 0.3) is 0 Å². The summed E-state index contributed by atoms with van der Waals surface area (Å²) in [6, 6.07) is 4.20. The molecular weight excluding hydrogens is 226 g/mol. The van der Waals surface area contributed by atoms with Crippen molar-refractivity contribution in [1.29, 1.82) is 0 Å². The number of benzene rings is 1. The lowest BCUT2D eigenvalue weighted by Gasteiger charge is -2.14. The Morgan fingerprint density at radius 2 is 1.88 bits per heavy atom. The molecule has 0 radical (unpaired) electrons. The molecule has 0 saturated heterocycles. The molecule has 0 aromatic heterocycles. The minimum absolute atomic E-state index is 0.819. The van der Waals surface area contributed by atoms with Crippen molar-refractivity contribution in [1.82, 2.24) is 0 Å². The van der Waals surface area contributed by atoms with Crippen molar-refractivity contribution in [3.8, 4) is 0 Å². The molecule has 1 nitrogen and oxygen atoms in total. The van der Waals surface area contributed by atoms with E-state index in [4.69, 9.17) is 18.0 Å². The van der Waals surface area contributed by atoms with E-state index in [1.807, 2.05) is 6.07 Å². The van der Waals surface area contributed by atoms with E-state index in [9.17, 15) is 0 Å². The van der Waals surface area contributed by atoms with Crippen LogP contribution in [0.1, 0.15) is 48.8 Å². The summed E-state index contributed by atoms with van der Waals surface area (Å²) in [4.78, 5) is 1.12. The highest BCUT2D eigenvalue weighted by Gasteiger charge is 2.18. The predicted molar refractivity (Wildman–Crippen MR) is 78.6 cm³/mol. The second-order valence-electron chi connectivity index (χ2n) is 5.30. The van der Waals surface area contributed by atoms with E-state index >= 15 is 0 Å². The molecule has 0 amide bonds. The number of aryl methyl sites for hydroxylation is 2. The summed E-state index contributed by atoms with van der Waals surface area (Å²) >= 11 is 5.61. The van der Waals surface area contributed by atoms with Crippen LogP contribution in [-0.4, -0.2) is 4.86 Å². The van der Waals surface area contributed by atoms with E-state index in [0.717, 1.165) is 28.5 Å². The van der Waals surface area contributed by atoms with Crippen molar-refractivity contribution in [2.45, 2.75) is 46.0 Å². The normalized spacial score (nSPS) is 16.4. The first-order valence-electron chi connectivity index (χ1n) is 6.48. The minimum Gasteiger partial charge on any atom is -0.399 e. The zero-order valence-corrected chi connectivity index (χ0v) is 11.6. The van der Waals surface area contributed by atoms with Gasteiger partial charge in [0.15, 0.2) is 0 Å². The van der Waals surface area contributed by atoms with Crippen molar-refractivity contribution >= 4 is 22.8 Å². The summed E-state index contributed by atoms with van der Waals surface area (Å²) in [5.41, 5.74) is 10.4. The smallest absolute Gasteiger partial charge is 0.0346 e. The van der Waals surface area contributed by atoms with Gasteiger partial charge in [-0.05, 0) is 55.0 Å². The Hall–Kier alpha value is -0.890. The molecule has 17 heavy (non-hydrogen) atoms. The van der Waals surface area contributed by atoms with E-state index < -0.39 is 0 Å². The van der Waals surface area contributed by atoms with E-state index in [0.29, 0.717) is 0 Å². The average Bonchev–Trinajstić information content (AvgIpc) is 2.76. The van der Waals surface area contributed by atoms with Crippen LogP contribution in [-0.2, 0) is 0 Å². The van der Waals surface area contributed by atoms with Gasteiger partial charge >= 0.3 is 0 Å². The zero-order valence-electron chi connectivity index (χ0n) is 10.8. The van der Waals surface area contributed by atoms with Crippen LogP contribution in [0.4, 0.5) is 5.69 Å². The van der Waals surface area contributed by atoms with Crippen LogP contribution in [0.15, 0.2) is 12.1 Å². The van der Waals surface area contributed by atoms with Gasteiger partial charge in [-0.2, -0.15) is 0 Å². The van der Waals surface area contributed by atoms with Crippen LogP contribution in [0.25, 0.3) is 0 Å². The van der Waals surface area contributed by atoms with E-state index in [-0.39, 0.29) is 0 Å². The third-order valence-corrected chi connectivity index (χ3v) is 4.25. The van der Waals surface area contributed by atoms with Gasteiger partial charge < -0.3 is 5.73 Å². The van der Waals surface area contributed by atoms with Crippen LogP contribution in [0.5, 0.6) is 0 Å². The maximum absolute atomic E-state index is 5.91. The fourth-order valence-corrected chi connectivity index (χ4v) is 3.18. The Kier molecular flexibility index (Phi) is 3.82. The lowest BCUT2D eigenvalue weighted by molar-refractivity contribution is 0.576. The standard InChI is InChI=1S/C15H21NS/c1-10-8-14(16)11(2)7-13(10)15(17)9-12-5-3-4-6-12/h7-8,12H,3-6,9,16H2,1-2H3. The largest absolute Gasteiger partial charge is 0.399 e. The number of thiocarbonyl (C=S) groups is 1.